The smallest absolute Gasteiger partial charge is 0.325 e. The number of rotatable bonds is 4. The zero-order valence-corrected chi connectivity index (χ0v) is 15.6. The van der Waals surface area contributed by atoms with Crippen molar-refractivity contribution in [3.63, 3.8) is 0 Å². The van der Waals surface area contributed by atoms with Gasteiger partial charge in [0, 0.05) is 45.0 Å². The van der Waals surface area contributed by atoms with E-state index >= 15 is 0 Å². The van der Waals surface area contributed by atoms with Gasteiger partial charge in [-0.25, -0.2) is 0 Å². The van der Waals surface area contributed by atoms with Gasteiger partial charge >= 0.3 is 5.97 Å². The quantitative estimate of drug-likeness (QED) is 0.840. The number of piperazine rings is 1. The number of para-hydroxylation sites is 1. The molecule has 24 heavy (non-hydrogen) atoms. The van der Waals surface area contributed by atoms with E-state index in [-0.39, 0.29) is 18.4 Å². The Morgan fingerprint density at radius 1 is 1.25 bits per heavy atom. The van der Waals surface area contributed by atoms with Crippen LogP contribution in [0.3, 0.4) is 0 Å². The van der Waals surface area contributed by atoms with Crippen LogP contribution >= 0.6 is 12.4 Å². The van der Waals surface area contributed by atoms with Crippen LogP contribution in [0.15, 0.2) is 18.2 Å². The molecule has 0 radical (unpaired) electrons. The van der Waals surface area contributed by atoms with Crippen LogP contribution in [0.25, 0.3) is 0 Å². The Kier molecular flexibility index (Phi) is 6.12. The molecule has 134 valence electrons. The molecule has 0 amide bonds. The van der Waals surface area contributed by atoms with Crippen LogP contribution in [-0.2, 0) is 22.5 Å². The summed E-state index contributed by atoms with van der Waals surface area (Å²) in [6.45, 7) is 9.66. The van der Waals surface area contributed by atoms with Crippen LogP contribution in [0.2, 0.25) is 0 Å². The monoisotopic (exact) mass is 353 g/mol. The van der Waals surface area contributed by atoms with Crippen molar-refractivity contribution in [1.29, 1.82) is 0 Å². The predicted molar refractivity (Wildman–Crippen MR) is 98.8 cm³/mol. The van der Waals surface area contributed by atoms with Crippen molar-refractivity contribution in [2.75, 3.05) is 45.2 Å². The molecular weight excluding hydrogens is 326 g/mol. The summed E-state index contributed by atoms with van der Waals surface area (Å²) in [6, 6.07) is 6.61. The van der Waals surface area contributed by atoms with Crippen molar-refractivity contribution in [2.45, 2.75) is 32.4 Å². The lowest BCUT2D eigenvalue weighted by Crippen LogP contribution is -2.58. The Hall–Kier alpha value is -1.30. The molecule has 0 spiro atoms. The number of methoxy groups -OCH3 is 1. The largest absolute Gasteiger partial charge is 0.468 e. The third kappa shape index (κ3) is 3.68. The van der Waals surface area contributed by atoms with Crippen molar-refractivity contribution in [3.05, 3.63) is 29.3 Å². The van der Waals surface area contributed by atoms with E-state index in [1.165, 1.54) is 23.9 Å². The number of hydrogen-bond donors (Lipinski definition) is 1. The van der Waals surface area contributed by atoms with Gasteiger partial charge in [-0.15, -0.1) is 12.4 Å². The van der Waals surface area contributed by atoms with Gasteiger partial charge in [0.2, 0.25) is 0 Å². The minimum Gasteiger partial charge on any atom is -0.468 e. The number of anilines is 1. The van der Waals surface area contributed by atoms with Crippen molar-refractivity contribution < 1.29 is 9.53 Å². The molecule has 5 nitrogen and oxygen atoms in total. The molecule has 1 N–H and O–H groups in total. The Morgan fingerprint density at radius 3 is 2.62 bits per heavy atom. The molecule has 1 aromatic rings. The molecular formula is C18H28ClN3O2. The average Bonchev–Trinajstić information content (AvgIpc) is 3.04. The summed E-state index contributed by atoms with van der Waals surface area (Å²) in [5, 5.41) is 3.52. The van der Waals surface area contributed by atoms with Gasteiger partial charge in [0.05, 0.1) is 7.11 Å². The van der Waals surface area contributed by atoms with E-state index in [0.717, 1.165) is 45.7 Å². The van der Waals surface area contributed by atoms with E-state index in [4.69, 9.17) is 4.74 Å². The highest BCUT2D eigenvalue weighted by Crippen LogP contribution is 2.28. The molecule has 1 fully saturated rings. The number of carbonyl (C=O) groups excluding carboxylic acids is 1. The van der Waals surface area contributed by atoms with E-state index in [1.54, 1.807) is 0 Å². The minimum absolute atomic E-state index is 0. The number of benzene rings is 1. The highest BCUT2D eigenvalue weighted by molar-refractivity contribution is 5.85. The van der Waals surface area contributed by atoms with Gasteiger partial charge in [-0.1, -0.05) is 18.2 Å². The van der Waals surface area contributed by atoms with Crippen LogP contribution in [0.4, 0.5) is 5.69 Å². The number of halogens is 1. The number of esters is 1. The molecule has 2 heterocycles. The first-order valence-corrected chi connectivity index (χ1v) is 8.43. The van der Waals surface area contributed by atoms with E-state index in [2.05, 4.69) is 33.3 Å². The highest BCUT2D eigenvalue weighted by Gasteiger charge is 2.37. The van der Waals surface area contributed by atoms with Gasteiger partial charge in [-0.05, 0) is 31.4 Å². The number of carbonyl (C=O) groups is 1. The third-order valence-electron chi connectivity index (χ3n) is 5.17. The number of nitrogens with zero attached hydrogens (tertiary/aromatic N) is 2. The topological polar surface area (TPSA) is 44.8 Å². The molecule has 2 aliphatic rings. The lowest BCUT2D eigenvalue weighted by Gasteiger charge is -2.42. The summed E-state index contributed by atoms with van der Waals surface area (Å²) in [4.78, 5) is 16.6. The Morgan fingerprint density at radius 2 is 1.96 bits per heavy atom. The fourth-order valence-electron chi connectivity index (χ4n) is 3.63. The van der Waals surface area contributed by atoms with Gasteiger partial charge in [0.1, 0.15) is 5.54 Å². The van der Waals surface area contributed by atoms with Crippen LogP contribution < -0.4 is 5.32 Å². The first-order valence-electron chi connectivity index (χ1n) is 8.43. The molecule has 0 atom stereocenters. The second-order valence-corrected chi connectivity index (χ2v) is 6.94. The van der Waals surface area contributed by atoms with Crippen molar-refractivity contribution in [2.24, 2.45) is 0 Å². The maximum Gasteiger partial charge on any atom is 0.325 e. The molecule has 1 aromatic carbocycles. The van der Waals surface area contributed by atoms with Crippen molar-refractivity contribution in [1.82, 2.24) is 9.80 Å². The summed E-state index contributed by atoms with van der Waals surface area (Å²) in [6.07, 6.45) is 1.13. The van der Waals surface area contributed by atoms with E-state index in [1.807, 2.05) is 13.8 Å². The Labute approximate surface area is 150 Å². The average molecular weight is 354 g/mol. The van der Waals surface area contributed by atoms with Gasteiger partial charge in [0.15, 0.2) is 0 Å². The molecule has 0 bridgehead atoms. The summed E-state index contributed by atoms with van der Waals surface area (Å²) < 4.78 is 4.94. The zero-order valence-electron chi connectivity index (χ0n) is 14.8. The molecule has 0 saturated carbocycles. The van der Waals surface area contributed by atoms with Gasteiger partial charge < -0.3 is 10.1 Å². The first-order chi connectivity index (χ1) is 11.0. The SMILES string of the molecule is COC(=O)C(C)(C)N1CCN(Cc2cccc3c2NCC3)CC1.Cl. The van der Waals surface area contributed by atoms with Crippen LogP contribution in [0.1, 0.15) is 25.0 Å². The molecule has 6 heteroatoms. The summed E-state index contributed by atoms with van der Waals surface area (Å²) in [7, 11) is 1.46. The standard InChI is InChI=1S/C18H27N3O2.ClH/c1-18(2,17(22)23-3)21-11-9-20(10-12-21)13-15-6-4-5-14-7-8-19-16(14)15;/h4-6,19H,7-13H2,1-3H3;1H. The van der Waals surface area contributed by atoms with Crippen molar-refractivity contribution in [3.8, 4) is 0 Å². The molecule has 2 aliphatic heterocycles. The van der Waals surface area contributed by atoms with Crippen LogP contribution in [0.5, 0.6) is 0 Å². The molecule has 0 aromatic heterocycles. The Balaban J connectivity index is 0.00000208. The third-order valence-corrected chi connectivity index (χ3v) is 5.17. The molecule has 1 saturated heterocycles. The Bertz CT molecular complexity index is 584. The summed E-state index contributed by atoms with van der Waals surface area (Å²) in [5.41, 5.74) is 3.62. The lowest BCUT2D eigenvalue weighted by molar-refractivity contribution is -0.154. The fourth-order valence-corrected chi connectivity index (χ4v) is 3.63. The van der Waals surface area contributed by atoms with Gasteiger partial charge in [0.25, 0.3) is 0 Å². The van der Waals surface area contributed by atoms with Crippen LogP contribution in [-0.4, -0.2) is 61.1 Å². The van der Waals surface area contributed by atoms with E-state index in [0.29, 0.717) is 0 Å². The van der Waals surface area contributed by atoms with Crippen LogP contribution in [0, 0.1) is 0 Å². The summed E-state index contributed by atoms with van der Waals surface area (Å²) in [5.74, 6) is -0.156. The highest BCUT2D eigenvalue weighted by atomic mass is 35.5. The second kappa shape index (κ2) is 7.72. The fraction of sp³-hybridized carbons (Fsp3) is 0.611. The molecule has 3 rings (SSSR count). The number of hydrogen-bond acceptors (Lipinski definition) is 5. The zero-order chi connectivity index (χ0) is 16.4. The first kappa shape index (κ1) is 19.0. The molecule has 0 unspecified atom stereocenters. The van der Waals surface area contributed by atoms with E-state index in [9.17, 15) is 4.79 Å². The maximum absolute atomic E-state index is 11.9. The summed E-state index contributed by atoms with van der Waals surface area (Å²) >= 11 is 0. The number of ether oxygens (including phenoxy) is 1. The van der Waals surface area contributed by atoms with E-state index < -0.39 is 5.54 Å². The lowest BCUT2D eigenvalue weighted by atomic mass is 10.0. The maximum atomic E-state index is 11.9. The predicted octanol–water partition coefficient (Wildman–Crippen LogP) is 2.15. The van der Waals surface area contributed by atoms with Gasteiger partial charge in [-0.3, -0.25) is 14.6 Å². The molecule has 0 aliphatic carbocycles. The second-order valence-electron chi connectivity index (χ2n) is 6.94. The minimum atomic E-state index is -0.545. The van der Waals surface area contributed by atoms with Gasteiger partial charge in [-0.2, -0.15) is 0 Å². The number of nitrogens with one attached hydrogen (secondary N) is 1. The van der Waals surface area contributed by atoms with Crippen molar-refractivity contribution >= 4 is 24.1 Å². The number of fused-ring (bicyclic) bond motifs is 1. The normalized spacial score (nSPS) is 18.5.